The van der Waals surface area contributed by atoms with Crippen LogP contribution < -0.4 is 15.7 Å². The Bertz CT molecular complexity index is 1730. The summed E-state index contributed by atoms with van der Waals surface area (Å²) in [6.45, 7) is 4.74. The largest absolute Gasteiger partial charge is 0.464 e. The molecule has 1 aliphatic rings. The second-order valence-corrected chi connectivity index (χ2v) is 11.0. The number of aryl methyl sites for hydroxylation is 1. The van der Waals surface area contributed by atoms with E-state index in [9.17, 15) is 33.6 Å². The molecule has 2 unspecified atom stereocenters. The number of terminal acetylenes is 1. The minimum atomic E-state index is -3.22. The highest BCUT2D eigenvalue weighted by Crippen LogP contribution is 2.40. The van der Waals surface area contributed by atoms with Crippen LogP contribution in [0.5, 0.6) is 5.75 Å². The first-order chi connectivity index (χ1) is 23.5. The summed E-state index contributed by atoms with van der Waals surface area (Å²) in [5.74, 6) is -7.58. The number of carbonyl (C=O) groups excluding carboxylic acids is 6. The van der Waals surface area contributed by atoms with Gasteiger partial charge in [0.15, 0.2) is 18.3 Å². The van der Waals surface area contributed by atoms with Gasteiger partial charge in [-0.3, -0.25) is 24.0 Å². The highest BCUT2D eigenvalue weighted by molar-refractivity contribution is 5.83. The normalized spacial score (nSPS) is 22.5. The number of rotatable bonds is 13. The van der Waals surface area contributed by atoms with Crippen molar-refractivity contribution >= 4 is 46.7 Å². The Labute approximate surface area is 284 Å². The lowest BCUT2D eigenvalue weighted by Gasteiger charge is -2.49. The van der Waals surface area contributed by atoms with Crippen molar-refractivity contribution in [2.75, 3.05) is 13.7 Å². The van der Waals surface area contributed by atoms with E-state index < -0.39 is 90.4 Å². The Morgan fingerprint density at radius 2 is 1.70 bits per heavy atom. The van der Waals surface area contributed by atoms with E-state index >= 15 is 4.39 Å². The number of benzene rings is 1. The van der Waals surface area contributed by atoms with Crippen LogP contribution in [0.3, 0.4) is 0 Å². The van der Waals surface area contributed by atoms with Crippen molar-refractivity contribution < 1.29 is 70.7 Å². The first kappa shape index (κ1) is 38.9. The first-order valence-electron chi connectivity index (χ1n) is 15.0. The van der Waals surface area contributed by atoms with Crippen LogP contribution in [0.15, 0.2) is 33.5 Å². The second-order valence-electron chi connectivity index (χ2n) is 11.0. The van der Waals surface area contributed by atoms with Gasteiger partial charge in [-0.05, 0) is 24.6 Å². The zero-order chi connectivity index (χ0) is 37.3. The summed E-state index contributed by atoms with van der Waals surface area (Å²) in [6, 6.07) is 3.29. The van der Waals surface area contributed by atoms with Gasteiger partial charge in [-0.25, -0.2) is 14.0 Å². The molecule has 1 aromatic heterocycles. The fraction of sp³-hybridized carbons (Fsp3) is 0.485. The number of ether oxygens (including phenoxy) is 7. The molecule has 270 valence electrons. The van der Waals surface area contributed by atoms with Crippen LogP contribution in [0.25, 0.3) is 11.0 Å². The van der Waals surface area contributed by atoms with Crippen LogP contribution in [0, 0.1) is 19.3 Å². The summed E-state index contributed by atoms with van der Waals surface area (Å²) in [7, 11) is 0.863. The molecule has 1 aromatic carbocycles. The Morgan fingerprint density at radius 3 is 2.28 bits per heavy atom. The molecule has 0 radical (unpaired) electrons. The molecule has 0 saturated carbocycles. The number of carbonyl (C=O) groups is 6. The van der Waals surface area contributed by atoms with E-state index in [-0.39, 0.29) is 24.2 Å². The smallest absolute Gasteiger partial charge is 0.382 e. The molecular weight excluding hydrogens is 669 g/mol. The van der Waals surface area contributed by atoms with Crippen LogP contribution in [0.4, 0.5) is 4.39 Å². The maximum atomic E-state index is 17.1. The van der Waals surface area contributed by atoms with E-state index in [0.29, 0.717) is 10.9 Å². The Hall–Kier alpha value is -5.50. The summed E-state index contributed by atoms with van der Waals surface area (Å²) < 4.78 is 60.2. The van der Waals surface area contributed by atoms with E-state index in [0.717, 1.165) is 40.9 Å². The van der Waals surface area contributed by atoms with Gasteiger partial charge < -0.3 is 42.9 Å². The highest BCUT2D eigenvalue weighted by Gasteiger charge is 2.67. The number of methoxy groups -OCH3 is 1. The average Bonchev–Trinajstić information content (AvgIpc) is 3.02. The molecule has 1 amide bonds. The molecule has 7 atom stereocenters. The maximum absolute atomic E-state index is 17.1. The quantitative estimate of drug-likeness (QED) is 0.135. The number of alkyl halides is 1. The molecule has 3 rings (SSSR count). The summed E-state index contributed by atoms with van der Waals surface area (Å²) in [5.41, 5.74) is -0.228. The van der Waals surface area contributed by atoms with Crippen molar-refractivity contribution in [1.29, 1.82) is 0 Å². The minimum absolute atomic E-state index is 0.0282. The highest BCUT2D eigenvalue weighted by atomic mass is 19.1. The average molecular weight is 706 g/mol. The van der Waals surface area contributed by atoms with Gasteiger partial charge in [0, 0.05) is 58.1 Å². The second kappa shape index (κ2) is 16.7. The van der Waals surface area contributed by atoms with Crippen molar-refractivity contribution in [2.45, 2.75) is 89.9 Å². The van der Waals surface area contributed by atoms with Crippen molar-refractivity contribution in [2.24, 2.45) is 0 Å². The monoisotopic (exact) mass is 705 g/mol. The number of nitrogens with one attached hydrogen (secondary N) is 1. The van der Waals surface area contributed by atoms with E-state index in [1.807, 2.05) is 0 Å². The Kier molecular flexibility index (Phi) is 13.0. The summed E-state index contributed by atoms with van der Waals surface area (Å²) in [6.07, 6.45) is -5.73. The van der Waals surface area contributed by atoms with E-state index in [4.69, 9.17) is 44.0 Å². The van der Waals surface area contributed by atoms with Crippen molar-refractivity contribution in [3.8, 4) is 18.1 Å². The van der Waals surface area contributed by atoms with Crippen LogP contribution in [-0.4, -0.2) is 91.9 Å². The zero-order valence-electron chi connectivity index (χ0n) is 28.0. The van der Waals surface area contributed by atoms with Crippen molar-refractivity contribution in [3.63, 3.8) is 0 Å². The Morgan fingerprint density at radius 1 is 1.02 bits per heavy atom. The lowest BCUT2D eigenvalue weighted by Crippen LogP contribution is -2.75. The fourth-order valence-electron chi connectivity index (χ4n) is 5.25. The Balaban J connectivity index is 2.33. The van der Waals surface area contributed by atoms with Crippen LogP contribution in [0.2, 0.25) is 0 Å². The first-order valence-corrected chi connectivity index (χ1v) is 15.0. The molecule has 50 heavy (non-hydrogen) atoms. The van der Waals surface area contributed by atoms with Crippen LogP contribution >= 0.6 is 0 Å². The predicted molar refractivity (Wildman–Crippen MR) is 166 cm³/mol. The maximum Gasteiger partial charge on any atom is 0.382 e. The number of hydrogen-bond donors (Lipinski definition) is 1. The SMILES string of the molecule is C#CCCC(=O)N[C@H]1C([C@H](OC(C)=O)[C@@H](COC(C)=O)OC(C)=O)O[C@@](Oc2ccc3c(C)cc(=O)oc3c2)(C(=O)OC)[C@@H](F)C1OC(C)=O. The van der Waals surface area contributed by atoms with E-state index in [1.165, 1.54) is 18.2 Å². The zero-order valence-corrected chi connectivity index (χ0v) is 28.0. The van der Waals surface area contributed by atoms with Gasteiger partial charge in [0.1, 0.15) is 24.0 Å². The molecule has 0 bridgehead atoms. The molecule has 0 aliphatic carbocycles. The summed E-state index contributed by atoms with van der Waals surface area (Å²) >= 11 is 0. The number of hydrogen-bond acceptors (Lipinski definition) is 15. The van der Waals surface area contributed by atoms with Gasteiger partial charge in [0.05, 0.1) is 13.2 Å². The third-order valence-electron chi connectivity index (χ3n) is 7.22. The van der Waals surface area contributed by atoms with Crippen LogP contribution in [-0.2, 0) is 57.2 Å². The van der Waals surface area contributed by atoms with E-state index in [1.54, 1.807) is 6.92 Å². The molecule has 2 aromatic rings. The van der Waals surface area contributed by atoms with Gasteiger partial charge in [0.2, 0.25) is 12.1 Å². The standard InChI is InChI=1S/C33H36FNO15/c1-8-9-10-25(40)35-27-29(28(46-19(5)38)24(45-18(4)37)15-44-17(3)36)50-33(32(42)43-7,31(34)30(27)47-20(6)39)49-21-11-12-22-16(2)13-26(41)48-23(22)14-21/h1,11-14,24,27-31H,9-10,15H2,2-7H3,(H,35,40)/t24-,27+,28-,29?,30?,31+,33-/m1/s1. The summed E-state index contributed by atoms with van der Waals surface area (Å²) in [4.78, 5) is 87.6. The van der Waals surface area contributed by atoms with Crippen LogP contribution in [0.1, 0.15) is 46.1 Å². The lowest BCUT2D eigenvalue weighted by atomic mass is 9.86. The molecule has 1 saturated heterocycles. The van der Waals surface area contributed by atoms with Crippen molar-refractivity contribution in [1.82, 2.24) is 5.32 Å². The fourth-order valence-corrected chi connectivity index (χ4v) is 5.25. The molecule has 17 heteroatoms. The molecule has 2 heterocycles. The molecular formula is C33H36FNO15. The third-order valence-corrected chi connectivity index (χ3v) is 7.22. The van der Waals surface area contributed by atoms with Gasteiger partial charge in [-0.15, -0.1) is 12.3 Å². The number of halogens is 1. The van der Waals surface area contributed by atoms with E-state index in [2.05, 4.69) is 11.2 Å². The molecule has 16 nitrogen and oxygen atoms in total. The van der Waals surface area contributed by atoms with Crippen molar-refractivity contribution in [3.05, 3.63) is 40.2 Å². The van der Waals surface area contributed by atoms with Gasteiger partial charge in [-0.2, -0.15) is 0 Å². The molecule has 1 aliphatic heterocycles. The van der Waals surface area contributed by atoms with Gasteiger partial charge in [0.25, 0.3) is 0 Å². The third kappa shape index (κ3) is 9.35. The minimum Gasteiger partial charge on any atom is -0.464 e. The number of amides is 1. The molecule has 0 spiro atoms. The lowest BCUT2D eigenvalue weighted by molar-refractivity contribution is -0.313. The number of fused-ring (bicyclic) bond motifs is 1. The van der Waals surface area contributed by atoms with Gasteiger partial charge >= 0.3 is 41.3 Å². The topological polar surface area (TPSA) is 209 Å². The molecule has 1 fully saturated rings. The number of esters is 5. The summed E-state index contributed by atoms with van der Waals surface area (Å²) in [5, 5.41) is 2.90. The molecule has 1 N–H and O–H groups in total. The predicted octanol–water partition coefficient (Wildman–Crippen LogP) is 1.34. The van der Waals surface area contributed by atoms with Gasteiger partial charge in [-0.1, -0.05) is 0 Å².